The lowest BCUT2D eigenvalue weighted by Crippen LogP contribution is -2.29. The second kappa shape index (κ2) is 9.09. The molecule has 0 amide bonds. The number of para-hydroxylation sites is 1. The van der Waals surface area contributed by atoms with E-state index in [4.69, 9.17) is 9.47 Å². The van der Waals surface area contributed by atoms with Crippen LogP contribution in [0.1, 0.15) is 44.9 Å². The molecule has 1 aliphatic heterocycles. The van der Waals surface area contributed by atoms with Gasteiger partial charge in [0.25, 0.3) is 5.56 Å². The number of nitrogens with zero attached hydrogens (tertiary/aromatic N) is 2. The van der Waals surface area contributed by atoms with Crippen LogP contribution in [-0.4, -0.2) is 40.1 Å². The van der Waals surface area contributed by atoms with Gasteiger partial charge in [-0.1, -0.05) is 30.3 Å². The van der Waals surface area contributed by atoms with E-state index in [1.165, 1.54) is 18.2 Å². The molecule has 0 bridgehead atoms. The zero-order valence-electron chi connectivity index (χ0n) is 16.0. The van der Waals surface area contributed by atoms with Crippen LogP contribution in [0.4, 0.5) is 0 Å². The van der Waals surface area contributed by atoms with Gasteiger partial charge >= 0.3 is 5.97 Å². The van der Waals surface area contributed by atoms with Crippen molar-refractivity contribution in [2.45, 2.75) is 68.9 Å². The summed E-state index contributed by atoms with van der Waals surface area (Å²) in [4.78, 5) is 30.0. The van der Waals surface area contributed by atoms with Crippen molar-refractivity contribution in [1.82, 2.24) is 9.55 Å². The van der Waals surface area contributed by atoms with Crippen LogP contribution in [0.25, 0.3) is 10.9 Å². The summed E-state index contributed by atoms with van der Waals surface area (Å²) in [7, 11) is 0. The minimum atomic E-state index is -0.233. The highest BCUT2D eigenvalue weighted by atomic mass is 32.2. The Morgan fingerprint density at radius 2 is 2.00 bits per heavy atom. The minimum Gasteiger partial charge on any atom is -0.462 e. The van der Waals surface area contributed by atoms with Crippen molar-refractivity contribution in [1.29, 1.82) is 0 Å². The Morgan fingerprint density at radius 1 is 1.18 bits per heavy atom. The second-order valence-corrected chi connectivity index (χ2v) is 8.44. The third-order valence-corrected chi connectivity index (χ3v) is 6.36. The van der Waals surface area contributed by atoms with E-state index in [1.807, 2.05) is 18.2 Å². The zero-order valence-corrected chi connectivity index (χ0v) is 16.8. The predicted octanol–water partition coefficient (Wildman–Crippen LogP) is 3.54. The summed E-state index contributed by atoms with van der Waals surface area (Å²) >= 11 is 1.28. The first-order valence-corrected chi connectivity index (χ1v) is 11.1. The minimum absolute atomic E-state index is 0.0224. The topological polar surface area (TPSA) is 70.4 Å². The van der Waals surface area contributed by atoms with Crippen LogP contribution in [0, 0.1) is 0 Å². The van der Waals surface area contributed by atoms with E-state index in [0.29, 0.717) is 22.6 Å². The summed E-state index contributed by atoms with van der Waals surface area (Å²) in [6.07, 6.45) is 7.39. The molecule has 1 aromatic heterocycles. The summed E-state index contributed by atoms with van der Waals surface area (Å²) in [6, 6.07) is 7.33. The fraction of sp³-hybridized carbons (Fsp3) is 0.571. The van der Waals surface area contributed by atoms with Gasteiger partial charge in [-0.15, -0.1) is 0 Å². The van der Waals surface area contributed by atoms with E-state index in [9.17, 15) is 9.59 Å². The molecule has 0 N–H and O–H groups in total. The molecule has 1 aliphatic carbocycles. The first kappa shape index (κ1) is 19.5. The number of carbonyl (C=O) groups is 1. The number of hydrogen-bond donors (Lipinski definition) is 0. The molecule has 1 saturated carbocycles. The summed E-state index contributed by atoms with van der Waals surface area (Å²) in [6.45, 7) is 1.20. The molecule has 7 heteroatoms. The fourth-order valence-electron chi connectivity index (χ4n) is 3.94. The van der Waals surface area contributed by atoms with Crippen LogP contribution in [-0.2, 0) is 20.8 Å². The molecule has 4 rings (SSSR count). The van der Waals surface area contributed by atoms with Crippen LogP contribution in [0.2, 0.25) is 0 Å². The number of ether oxygens (including phenoxy) is 2. The highest BCUT2D eigenvalue weighted by Gasteiger charge is 2.22. The first-order valence-electron chi connectivity index (χ1n) is 10.1. The number of thioether (sulfide) groups is 1. The van der Waals surface area contributed by atoms with Crippen molar-refractivity contribution in [2.75, 3.05) is 12.4 Å². The first-order chi connectivity index (χ1) is 13.7. The fourth-order valence-corrected chi connectivity index (χ4v) is 4.73. The normalized spacial score (nSPS) is 20.5. The van der Waals surface area contributed by atoms with Crippen molar-refractivity contribution in [3.63, 3.8) is 0 Å². The van der Waals surface area contributed by atoms with Crippen LogP contribution < -0.4 is 5.56 Å². The number of hydrogen-bond acceptors (Lipinski definition) is 6. The lowest BCUT2D eigenvalue weighted by Gasteiger charge is -2.22. The molecule has 2 aliphatic rings. The van der Waals surface area contributed by atoms with Gasteiger partial charge in [0.2, 0.25) is 0 Å². The number of fused-ring (bicyclic) bond motifs is 1. The summed E-state index contributed by atoms with van der Waals surface area (Å²) in [5, 5.41) is 1.15. The van der Waals surface area contributed by atoms with E-state index in [1.54, 1.807) is 10.6 Å². The van der Waals surface area contributed by atoms with Crippen molar-refractivity contribution >= 4 is 28.6 Å². The Balaban J connectivity index is 1.52. The Kier molecular flexibility index (Phi) is 6.32. The number of aromatic nitrogens is 2. The van der Waals surface area contributed by atoms with E-state index < -0.39 is 0 Å². The molecule has 0 spiro atoms. The predicted molar refractivity (Wildman–Crippen MR) is 109 cm³/mol. The standard InChI is InChI=1S/C21H26N2O4S/c24-19(27-15-7-2-1-3-8-15)14-28-21-22-18-11-5-4-10-17(18)20(25)23(21)13-16-9-6-12-26-16/h4-5,10-11,15-16H,1-3,6-9,12-14H2/t16-/m0/s1. The van der Waals surface area contributed by atoms with Crippen LogP contribution in [0.15, 0.2) is 34.2 Å². The number of rotatable bonds is 6. The smallest absolute Gasteiger partial charge is 0.316 e. The third-order valence-electron chi connectivity index (χ3n) is 5.41. The van der Waals surface area contributed by atoms with Crippen molar-refractivity contribution < 1.29 is 14.3 Å². The molecule has 2 heterocycles. The Labute approximate surface area is 168 Å². The molecule has 2 aromatic rings. The van der Waals surface area contributed by atoms with Crippen molar-refractivity contribution in [3.05, 3.63) is 34.6 Å². The van der Waals surface area contributed by atoms with E-state index in [0.717, 1.165) is 45.1 Å². The van der Waals surface area contributed by atoms with Gasteiger partial charge in [0.15, 0.2) is 5.16 Å². The number of benzene rings is 1. The van der Waals surface area contributed by atoms with Crippen molar-refractivity contribution in [3.8, 4) is 0 Å². The van der Waals surface area contributed by atoms with Crippen molar-refractivity contribution in [2.24, 2.45) is 0 Å². The maximum absolute atomic E-state index is 13.0. The average Bonchev–Trinajstić information content (AvgIpc) is 3.23. The van der Waals surface area contributed by atoms with Crippen LogP contribution in [0.3, 0.4) is 0 Å². The molecule has 1 atom stereocenters. The Morgan fingerprint density at radius 3 is 2.79 bits per heavy atom. The van der Waals surface area contributed by atoms with Gasteiger partial charge in [-0.05, 0) is 50.7 Å². The number of carbonyl (C=O) groups excluding carboxylic acids is 1. The average molecular weight is 403 g/mol. The lowest BCUT2D eigenvalue weighted by molar-refractivity contribution is -0.147. The molecule has 1 aromatic carbocycles. The Bertz CT molecular complexity index is 886. The van der Waals surface area contributed by atoms with Gasteiger partial charge in [-0.25, -0.2) is 4.98 Å². The van der Waals surface area contributed by atoms with E-state index >= 15 is 0 Å². The maximum atomic E-state index is 13.0. The Hall–Kier alpha value is -1.86. The molecular weight excluding hydrogens is 376 g/mol. The molecule has 28 heavy (non-hydrogen) atoms. The largest absolute Gasteiger partial charge is 0.462 e. The molecule has 6 nitrogen and oxygen atoms in total. The monoisotopic (exact) mass is 402 g/mol. The quantitative estimate of drug-likeness (QED) is 0.418. The summed E-state index contributed by atoms with van der Waals surface area (Å²) < 4.78 is 13.0. The highest BCUT2D eigenvalue weighted by Crippen LogP contribution is 2.23. The van der Waals surface area contributed by atoms with Gasteiger partial charge in [-0.3, -0.25) is 14.2 Å². The van der Waals surface area contributed by atoms with Crippen LogP contribution in [0.5, 0.6) is 0 Å². The van der Waals surface area contributed by atoms with Gasteiger partial charge in [0.05, 0.1) is 29.3 Å². The number of esters is 1. The molecule has 2 fully saturated rings. The summed E-state index contributed by atoms with van der Waals surface area (Å²) in [5.41, 5.74) is 0.573. The highest BCUT2D eigenvalue weighted by molar-refractivity contribution is 7.99. The van der Waals surface area contributed by atoms with Crippen LogP contribution >= 0.6 is 11.8 Å². The SMILES string of the molecule is O=C(CSc1nc2ccccc2c(=O)n1C[C@@H]1CCCO1)OC1CCCCC1. The van der Waals surface area contributed by atoms with Gasteiger partial charge in [-0.2, -0.15) is 0 Å². The molecule has 150 valence electrons. The molecular formula is C21H26N2O4S. The van der Waals surface area contributed by atoms with Gasteiger partial charge in [0.1, 0.15) is 6.10 Å². The maximum Gasteiger partial charge on any atom is 0.316 e. The van der Waals surface area contributed by atoms with E-state index in [-0.39, 0.29) is 29.5 Å². The van der Waals surface area contributed by atoms with Gasteiger partial charge in [0, 0.05) is 6.61 Å². The summed E-state index contributed by atoms with van der Waals surface area (Å²) in [5.74, 6) is -0.0738. The molecule has 1 saturated heterocycles. The van der Waals surface area contributed by atoms with Gasteiger partial charge < -0.3 is 9.47 Å². The molecule has 0 unspecified atom stereocenters. The van der Waals surface area contributed by atoms with E-state index in [2.05, 4.69) is 4.98 Å². The zero-order chi connectivity index (χ0) is 19.3. The third kappa shape index (κ3) is 4.58. The lowest BCUT2D eigenvalue weighted by atomic mass is 9.98. The molecule has 0 radical (unpaired) electrons. The second-order valence-electron chi connectivity index (χ2n) is 7.50.